The third kappa shape index (κ3) is 3.81. The molecule has 0 atom stereocenters. The van der Waals surface area contributed by atoms with E-state index in [0.717, 1.165) is 11.1 Å². The van der Waals surface area contributed by atoms with Crippen LogP contribution in [0.3, 0.4) is 0 Å². The second kappa shape index (κ2) is 6.86. The average molecular weight is 291 g/mol. The number of amides is 3. The van der Waals surface area contributed by atoms with Crippen LogP contribution >= 0.6 is 0 Å². The Bertz CT molecular complexity index is 757. The van der Waals surface area contributed by atoms with Crippen molar-refractivity contribution in [2.45, 2.75) is 0 Å². The van der Waals surface area contributed by atoms with Crippen LogP contribution in [0.5, 0.6) is 0 Å². The van der Waals surface area contributed by atoms with Gasteiger partial charge < -0.3 is 5.73 Å². The number of nitrogens with two attached hydrogens (primary N) is 1. The number of nitriles is 1. The summed E-state index contributed by atoms with van der Waals surface area (Å²) in [7, 11) is 0. The summed E-state index contributed by atoms with van der Waals surface area (Å²) in [6.07, 6.45) is 1.40. The molecule has 0 heterocycles. The minimum atomic E-state index is -0.995. The molecule has 2 aromatic carbocycles. The predicted octanol–water partition coefficient (Wildman–Crippen LogP) is 2.46. The van der Waals surface area contributed by atoms with E-state index in [-0.39, 0.29) is 5.57 Å². The first-order valence-corrected chi connectivity index (χ1v) is 6.48. The fraction of sp³-hybridized carbons (Fsp3) is 0. The van der Waals surface area contributed by atoms with Crippen LogP contribution in [0.15, 0.2) is 60.2 Å². The number of urea groups is 1. The van der Waals surface area contributed by atoms with Gasteiger partial charge >= 0.3 is 6.03 Å². The number of primary amides is 1. The number of imide groups is 1. The molecule has 0 saturated heterocycles. The summed E-state index contributed by atoms with van der Waals surface area (Å²) in [4.78, 5) is 22.2. The van der Waals surface area contributed by atoms with E-state index < -0.39 is 11.9 Å². The Hall–Kier alpha value is -3.39. The van der Waals surface area contributed by atoms with E-state index in [1.54, 1.807) is 18.2 Å². The zero-order valence-corrected chi connectivity index (χ0v) is 11.6. The van der Waals surface area contributed by atoms with Crippen LogP contribution in [0.25, 0.3) is 17.2 Å². The van der Waals surface area contributed by atoms with Crippen molar-refractivity contribution in [2.24, 2.45) is 5.73 Å². The van der Waals surface area contributed by atoms with Gasteiger partial charge in [0.2, 0.25) is 0 Å². The van der Waals surface area contributed by atoms with E-state index >= 15 is 0 Å². The molecular formula is C17H13N3O2. The van der Waals surface area contributed by atoms with E-state index in [9.17, 15) is 9.59 Å². The summed E-state index contributed by atoms with van der Waals surface area (Å²) < 4.78 is 0. The summed E-state index contributed by atoms with van der Waals surface area (Å²) in [5.74, 6) is -0.817. The highest BCUT2D eigenvalue weighted by molar-refractivity contribution is 6.08. The zero-order chi connectivity index (χ0) is 15.9. The van der Waals surface area contributed by atoms with Gasteiger partial charge in [-0.1, -0.05) is 54.6 Å². The third-order valence-corrected chi connectivity index (χ3v) is 2.93. The molecule has 108 valence electrons. The van der Waals surface area contributed by atoms with Gasteiger partial charge in [-0.25, -0.2) is 4.79 Å². The lowest BCUT2D eigenvalue weighted by atomic mass is 10.0. The van der Waals surface area contributed by atoms with Crippen molar-refractivity contribution < 1.29 is 9.59 Å². The molecule has 0 aliphatic heterocycles. The lowest BCUT2D eigenvalue weighted by Crippen LogP contribution is -2.35. The zero-order valence-electron chi connectivity index (χ0n) is 11.6. The highest BCUT2D eigenvalue weighted by Gasteiger charge is 2.10. The van der Waals surface area contributed by atoms with Crippen LogP contribution in [0.4, 0.5) is 4.79 Å². The first kappa shape index (κ1) is 15.0. The maximum Gasteiger partial charge on any atom is 0.319 e. The highest BCUT2D eigenvalue weighted by atomic mass is 16.2. The summed E-state index contributed by atoms with van der Waals surface area (Å²) in [5, 5.41) is 10.8. The number of carbonyl (C=O) groups is 2. The number of benzene rings is 2. The Labute approximate surface area is 127 Å². The number of carbonyl (C=O) groups excluding carboxylic acids is 2. The number of rotatable bonds is 3. The number of hydrogen-bond acceptors (Lipinski definition) is 3. The maximum absolute atomic E-state index is 11.6. The van der Waals surface area contributed by atoms with E-state index in [4.69, 9.17) is 11.0 Å². The standard InChI is InChI=1S/C17H13N3O2/c18-11-15(16(21)20-17(19)22)10-12-6-8-14(9-7-12)13-4-2-1-3-5-13/h1-10H,(H3,19,20,21,22)/b15-10+. The Morgan fingerprint density at radius 3 is 2.14 bits per heavy atom. The Morgan fingerprint density at radius 2 is 1.59 bits per heavy atom. The molecule has 0 aliphatic carbocycles. The van der Waals surface area contributed by atoms with Crippen molar-refractivity contribution in [3.05, 3.63) is 65.7 Å². The molecular weight excluding hydrogens is 278 g/mol. The van der Waals surface area contributed by atoms with E-state index in [1.165, 1.54) is 6.08 Å². The maximum atomic E-state index is 11.6. The second-order valence-corrected chi connectivity index (χ2v) is 4.48. The molecule has 2 aromatic rings. The summed E-state index contributed by atoms with van der Waals surface area (Å²) >= 11 is 0. The van der Waals surface area contributed by atoms with Crippen molar-refractivity contribution in [3.8, 4) is 17.2 Å². The molecule has 5 heteroatoms. The average Bonchev–Trinajstić information content (AvgIpc) is 2.53. The van der Waals surface area contributed by atoms with Gasteiger partial charge in [0, 0.05) is 0 Å². The van der Waals surface area contributed by atoms with Gasteiger partial charge in [0.25, 0.3) is 5.91 Å². The smallest absolute Gasteiger partial charge is 0.319 e. The van der Waals surface area contributed by atoms with Crippen LogP contribution < -0.4 is 11.1 Å². The first-order chi connectivity index (χ1) is 10.6. The van der Waals surface area contributed by atoms with Crippen LogP contribution in [0.2, 0.25) is 0 Å². The van der Waals surface area contributed by atoms with Gasteiger partial charge in [0.1, 0.15) is 11.6 Å². The minimum Gasteiger partial charge on any atom is -0.351 e. The van der Waals surface area contributed by atoms with Gasteiger partial charge in [-0.05, 0) is 22.8 Å². The summed E-state index contributed by atoms with van der Waals surface area (Å²) in [5.41, 5.74) is 7.44. The quantitative estimate of drug-likeness (QED) is 0.671. The summed E-state index contributed by atoms with van der Waals surface area (Å²) in [6.45, 7) is 0. The molecule has 0 spiro atoms. The molecule has 0 aromatic heterocycles. The minimum absolute atomic E-state index is 0.189. The molecule has 0 bridgehead atoms. The second-order valence-electron chi connectivity index (χ2n) is 4.48. The van der Waals surface area contributed by atoms with Gasteiger partial charge in [-0.15, -0.1) is 0 Å². The Balaban J connectivity index is 2.23. The largest absolute Gasteiger partial charge is 0.351 e. The number of hydrogen-bond donors (Lipinski definition) is 2. The van der Waals surface area contributed by atoms with Crippen LogP contribution in [-0.2, 0) is 4.79 Å². The highest BCUT2D eigenvalue weighted by Crippen LogP contribution is 2.20. The van der Waals surface area contributed by atoms with Crippen LogP contribution in [0.1, 0.15) is 5.56 Å². The Kier molecular flexibility index (Phi) is 4.68. The van der Waals surface area contributed by atoms with Gasteiger partial charge in [-0.2, -0.15) is 5.26 Å². The fourth-order valence-corrected chi connectivity index (χ4v) is 1.90. The van der Waals surface area contributed by atoms with Crippen molar-refractivity contribution >= 4 is 18.0 Å². The van der Waals surface area contributed by atoms with Crippen molar-refractivity contribution in [2.75, 3.05) is 0 Å². The molecule has 0 aliphatic rings. The SMILES string of the molecule is N#C/C(=C\c1ccc(-c2ccccc2)cc1)C(=O)NC(N)=O. The third-order valence-electron chi connectivity index (χ3n) is 2.93. The molecule has 2 rings (SSSR count). The Morgan fingerprint density at radius 1 is 1.00 bits per heavy atom. The fourth-order valence-electron chi connectivity index (χ4n) is 1.90. The van der Waals surface area contributed by atoms with E-state index in [2.05, 4.69) is 0 Å². The molecule has 0 radical (unpaired) electrons. The number of nitrogens with one attached hydrogen (secondary N) is 1. The van der Waals surface area contributed by atoms with Crippen molar-refractivity contribution in [3.63, 3.8) is 0 Å². The molecule has 0 fully saturated rings. The normalized spacial score (nSPS) is 10.6. The lowest BCUT2D eigenvalue weighted by Gasteiger charge is -2.03. The molecule has 0 unspecified atom stereocenters. The molecule has 5 nitrogen and oxygen atoms in total. The van der Waals surface area contributed by atoms with Gasteiger partial charge in [0.05, 0.1) is 0 Å². The van der Waals surface area contributed by atoms with Crippen molar-refractivity contribution in [1.82, 2.24) is 5.32 Å². The molecule has 3 N–H and O–H groups in total. The molecule has 22 heavy (non-hydrogen) atoms. The molecule has 0 saturated carbocycles. The predicted molar refractivity (Wildman–Crippen MR) is 83.2 cm³/mol. The van der Waals surface area contributed by atoms with E-state index in [0.29, 0.717) is 5.56 Å². The van der Waals surface area contributed by atoms with Crippen molar-refractivity contribution in [1.29, 1.82) is 5.26 Å². The van der Waals surface area contributed by atoms with Gasteiger partial charge in [-0.3, -0.25) is 10.1 Å². The van der Waals surface area contributed by atoms with Crippen LogP contribution in [0, 0.1) is 11.3 Å². The van der Waals surface area contributed by atoms with E-state index in [1.807, 2.05) is 47.8 Å². The topological polar surface area (TPSA) is 96.0 Å². The summed E-state index contributed by atoms with van der Waals surface area (Å²) in [6, 6.07) is 17.9. The number of nitrogens with zero attached hydrogens (tertiary/aromatic N) is 1. The first-order valence-electron chi connectivity index (χ1n) is 6.48. The van der Waals surface area contributed by atoms with Crippen LogP contribution in [-0.4, -0.2) is 11.9 Å². The molecule has 3 amide bonds. The monoisotopic (exact) mass is 291 g/mol. The lowest BCUT2D eigenvalue weighted by molar-refractivity contribution is -0.115. The van der Waals surface area contributed by atoms with Gasteiger partial charge in [0.15, 0.2) is 0 Å².